The van der Waals surface area contributed by atoms with Crippen molar-refractivity contribution in [1.29, 1.82) is 0 Å². The van der Waals surface area contributed by atoms with E-state index in [0.29, 0.717) is 0 Å². The highest BCUT2D eigenvalue weighted by molar-refractivity contribution is 5.97. The van der Waals surface area contributed by atoms with Gasteiger partial charge in [0.15, 0.2) is 5.75 Å². The van der Waals surface area contributed by atoms with Crippen LogP contribution >= 0.6 is 0 Å². The van der Waals surface area contributed by atoms with Gasteiger partial charge in [0, 0.05) is 17.2 Å². The molecule has 0 fully saturated rings. The van der Waals surface area contributed by atoms with Crippen LogP contribution in [-0.2, 0) is 4.79 Å². The number of phenols is 1. The third-order valence-corrected chi connectivity index (χ3v) is 3.93. The highest BCUT2D eigenvalue weighted by Gasteiger charge is 2.24. The Bertz CT molecular complexity index is 944. The second kappa shape index (κ2) is 9.40. The maximum atomic E-state index is 13.0. The van der Waals surface area contributed by atoms with Gasteiger partial charge in [-0.1, -0.05) is 13.8 Å². The van der Waals surface area contributed by atoms with Crippen molar-refractivity contribution in [1.82, 2.24) is 10.7 Å². The van der Waals surface area contributed by atoms with E-state index in [-0.39, 0.29) is 17.0 Å². The Labute approximate surface area is 165 Å². The van der Waals surface area contributed by atoms with Crippen LogP contribution in [0.25, 0.3) is 0 Å². The van der Waals surface area contributed by atoms with Gasteiger partial charge in [-0.25, -0.2) is 9.82 Å². The van der Waals surface area contributed by atoms with Crippen LogP contribution in [0.5, 0.6) is 5.75 Å². The molecule has 0 saturated carbocycles. The zero-order valence-corrected chi connectivity index (χ0v) is 15.6. The van der Waals surface area contributed by atoms with Crippen molar-refractivity contribution in [2.45, 2.75) is 19.9 Å². The van der Waals surface area contributed by atoms with Gasteiger partial charge < -0.3 is 10.4 Å². The van der Waals surface area contributed by atoms with Gasteiger partial charge in [0.05, 0.1) is 11.1 Å². The zero-order chi connectivity index (χ0) is 21.6. The van der Waals surface area contributed by atoms with Crippen molar-refractivity contribution >= 4 is 23.7 Å². The minimum absolute atomic E-state index is 0.199. The van der Waals surface area contributed by atoms with E-state index in [2.05, 4.69) is 15.8 Å². The molecule has 0 spiro atoms. The standard InChI is InChI=1S/C19H19FN4O5/c1-11(2)17(22-18(26)13-4-6-14(20)7-5-13)19(27)23-21-10-12-3-8-16(25)15(9-12)24(28)29/h3-11,17,25H,1-2H3,(H,22,26)(H,23,27)/b21-10+. The number of carbonyl (C=O) groups excluding carboxylic acids is 2. The van der Waals surface area contributed by atoms with Crippen molar-refractivity contribution < 1.29 is 24.0 Å². The summed E-state index contributed by atoms with van der Waals surface area (Å²) in [7, 11) is 0. The van der Waals surface area contributed by atoms with Crippen LogP contribution in [-0.4, -0.2) is 34.1 Å². The number of hydrogen-bond donors (Lipinski definition) is 3. The number of halogens is 1. The number of aromatic hydroxyl groups is 1. The average molecular weight is 402 g/mol. The van der Waals surface area contributed by atoms with Crippen LogP contribution < -0.4 is 10.7 Å². The van der Waals surface area contributed by atoms with Gasteiger partial charge in [-0.15, -0.1) is 0 Å². The van der Waals surface area contributed by atoms with Crippen LogP contribution in [0.1, 0.15) is 29.8 Å². The molecule has 2 rings (SSSR count). The Morgan fingerprint density at radius 3 is 2.45 bits per heavy atom. The van der Waals surface area contributed by atoms with Crippen LogP contribution in [0.2, 0.25) is 0 Å². The number of hydrazone groups is 1. The largest absolute Gasteiger partial charge is 0.502 e. The summed E-state index contributed by atoms with van der Waals surface area (Å²) in [6, 6.07) is 7.59. The summed E-state index contributed by atoms with van der Waals surface area (Å²) >= 11 is 0. The number of rotatable bonds is 7. The van der Waals surface area contributed by atoms with E-state index < -0.39 is 40.0 Å². The molecule has 0 radical (unpaired) electrons. The smallest absolute Gasteiger partial charge is 0.311 e. The fourth-order valence-corrected chi connectivity index (χ4v) is 2.37. The van der Waals surface area contributed by atoms with Crippen LogP contribution in [0.3, 0.4) is 0 Å². The maximum Gasteiger partial charge on any atom is 0.311 e. The molecule has 2 amide bonds. The third kappa shape index (κ3) is 5.83. The minimum Gasteiger partial charge on any atom is -0.502 e. The SMILES string of the molecule is CC(C)C(NC(=O)c1ccc(F)cc1)C(=O)N/N=C/c1ccc(O)c([N+](=O)[O-])c1. The summed E-state index contributed by atoms with van der Waals surface area (Å²) in [6.45, 7) is 3.45. The van der Waals surface area contributed by atoms with Crippen molar-refractivity contribution in [2.75, 3.05) is 0 Å². The number of hydrogen-bond acceptors (Lipinski definition) is 6. The first kappa shape index (κ1) is 21.5. The number of benzene rings is 2. The number of carbonyl (C=O) groups is 2. The topological polar surface area (TPSA) is 134 Å². The number of amides is 2. The Kier molecular flexibility index (Phi) is 6.96. The van der Waals surface area contributed by atoms with Crippen LogP contribution in [0.4, 0.5) is 10.1 Å². The Hall–Kier alpha value is -3.82. The first-order valence-corrected chi connectivity index (χ1v) is 8.55. The van der Waals surface area contributed by atoms with E-state index in [9.17, 15) is 29.2 Å². The summed E-state index contributed by atoms with van der Waals surface area (Å²) in [5, 5.41) is 26.6. The quantitative estimate of drug-likeness (QED) is 0.371. The Balaban J connectivity index is 2.05. The lowest BCUT2D eigenvalue weighted by Gasteiger charge is -2.20. The summed E-state index contributed by atoms with van der Waals surface area (Å²) in [5.74, 6) is -2.38. The van der Waals surface area contributed by atoms with Gasteiger partial charge in [0.25, 0.3) is 11.8 Å². The second-order valence-corrected chi connectivity index (χ2v) is 6.44. The average Bonchev–Trinajstić information content (AvgIpc) is 2.67. The molecule has 0 aliphatic rings. The number of phenolic OH excluding ortho intramolecular Hbond substituents is 1. The number of nitro groups is 1. The molecular formula is C19H19FN4O5. The lowest BCUT2D eigenvalue weighted by molar-refractivity contribution is -0.385. The third-order valence-electron chi connectivity index (χ3n) is 3.93. The Morgan fingerprint density at radius 2 is 1.86 bits per heavy atom. The van der Waals surface area contributed by atoms with Crippen molar-refractivity contribution in [3.8, 4) is 5.75 Å². The molecule has 9 nitrogen and oxygen atoms in total. The number of nitrogens with one attached hydrogen (secondary N) is 2. The summed E-state index contributed by atoms with van der Waals surface area (Å²) in [5.41, 5.74) is 2.25. The van der Waals surface area contributed by atoms with Gasteiger partial charge in [0.1, 0.15) is 11.9 Å². The van der Waals surface area contributed by atoms with E-state index in [0.717, 1.165) is 24.3 Å². The molecule has 1 atom stereocenters. The van der Waals surface area contributed by atoms with Crippen molar-refractivity contribution in [2.24, 2.45) is 11.0 Å². The molecule has 0 aromatic heterocycles. The molecule has 1 unspecified atom stereocenters. The maximum absolute atomic E-state index is 13.0. The monoisotopic (exact) mass is 402 g/mol. The predicted octanol–water partition coefficient (Wildman–Crippen LogP) is 2.34. The van der Waals surface area contributed by atoms with Crippen molar-refractivity contribution in [3.63, 3.8) is 0 Å². The first-order chi connectivity index (χ1) is 13.7. The van der Waals surface area contributed by atoms with E-state index in [4.69, 9.17) is 0 Å². The molecule has 0 aliphatic carbocycles. The lowest BCUT2D eigenvalue weighted by Crippen LogP contribution is -2.48. The molecule has 0 aliphatic heterocycles. The van der Waals surface area contributed by atoms with Gasteiger partial charge in [-0.2, -0.15) is 5.10 Å². The molecule has 0 heterocycles. The normalized spacial score (nSPS) is 12.0. The fraction of sp³-hybridized carbons (Fsp3) is 0.211. The molecule has 29 heavy (non-hydrogen) atoms. The molecule has 3 N–H and O–H groups in total. The van der Waals surface area contributed by atoms with E-state index >= 15 is 0 Å². The summed E-state index contributed by atoms with van der Waals surface area (Å²) in [6.07, 6.45) is 1.17. The number of nitro benzene ring substituents is 1. The molecule has 0 bridgehead atoms. The first-order valence-electron chi connectivity index (χ1n) is 8.55. The summed E-state index contributed by atoms with van der Waals surface area (Å²) in [4.78, 5) is 34.7. The molecule has 2 aromatic rings. The molecule has 10 heteroatoms. The molecular weight excluding hydrogens is 383 g/mol. The highest BCUT2D eigenvalue weighted by atomic mass is 19.1. The Morgan fingerprint density at radius 1 is 1.21 bits per heavy atom. The summed E-state index contributed by atoms with van der Waals surface area (Å²) < 4.78 is 13.0. The predicted molar refractivity (Wildman–Crippen MR) is 103 cm³/mol. The van der Waals surface area contributed by atoms with Gasteiger partial charge in [-0.3, -0.25) is 19.7 Å². The fourth-order valence-electron chi connectivity index (χ4n) is 2.37. The van der Waals surface area contributed by atoms with Crippen LogP contribution in [0.15, 0.2) is 47.6 Å². The van der Waals surface area contributed by atoms with Crippen LogP contribution in [0, 0.1) is 21.8 Å². The lowest BCUT2D eigenvalue weighted by atomic mass is 10.0. The van der Waals surface area contributed by atoms with E-state index in [1.165, 1.54) is 24.4 Å². The van der Waals surface area contributed by atoms with Crippen molar-refractivity contribution in [3.05, 3.63) is 69.5 Å². The van der Waals surface area contributed by atoms with Gasteiger partial charge >= 0.3 is 5.69 Å². The minimum atomic E-state index is -0.918. The molecule has 0 saturated heterocycles. The van der Waals surface area contributed by atoms with E-state index in [1.54, 1.807) is 13.8 Å². The molecule has 152 valence electrons. The second-order valence-electron chi connectivity index (χ2n) is 6.44. The number of nitrogens with zero attached hydrogens (tertiary/aromatic N) is 2. The van der Waals surface area contributed by atoms with E-state index in [1.807, 2.05) is 0 Å². The van der Waals surface area contributed by atoms with Gasteiger partial charge in [-0.05, 0) is 42.3 Å². The highest BCUT2D eigenvalue weighted by Crippen LogP contribution is 2.25. The molecule has 2 aromatic carbocycles. The zero-order valence-electron chi connectivity index (χ0n) is 15.6. The van der Waals surface area contributed by atoms with Gasteiger partial charge in [0.2, 0.25) is 0 Å².